The predicted molar refractivity (Wildman–Crippen MR) is 102 cm³/mol. The van der Waals surface area contributed by atoms with E-state index in [1.807, 2.05) is 24.3 Å². The molecule has 2 aliphatic rings. The largest absolute Gasteiger partial charge is 0.457 e. The van der Waals surface area contributed by atoms with E-state index in [1.54, 1.807) is 19.1 Å². The lowest BCUT2D eigenvalue weighted by Crippen LogP contribution is -2.39. The van der Waals surface area contributed by atoms with Crippen LogP contribution in [0.4, 0.5) is 4.39 Å². The van der Waals surface area contributed by atoms with Gasteiger partial charge in [0.2, 0.25) is 0 Å². The van der Waals surface area contributed by atoms with Crippen LogP contribution < -0.4 is 4.74 Å². The van der Waals surface area contributed by atoms with Gasteiger partial charge in [0.05, 0.1) is 0 Å². The minimum Gasteiger partial charge on any atom is -0.457 e. The highest BCUT2D eigenvalue weighted by Gasteiger charge is 2.38. The highest BCUT2D eigenvalue weighted by Crippen LogP contribution is 2.41. The number of hydrogen-bond acceptors (Lipinski definition) is 4. The molecule has 1 saturated carbocycles. The molecule has 0 spiro atoms. The number of benzene rings is 2. The van der Waals surface area contributed by atoms with E-state index in [1.165, 1.54) is 6.07 Å². The second-order valence-electron chi connectivity index (χ2n) is 7.61. The van der Waals surface area contributed by atoms with Crippen molar-refractivity contribution in [3.05, 3.63) is 59.4 Å². The van der Waals surface area contributed by atoms with Crippen molar-refractivity contribution in [2.75, 3.05) is 0 Å². The molecule has 2 atom stereocenters. The first-order chi connectivity index (χ1) is 12.9. The molecule has 0 bridgehead atoms. The van der Waals surface area contributed by atoms with Gasteiger partial charge in [0.1, 0.15) is 17.3 Å². The fraction of sp³-hybridized carbons (Fsp3) is 0.409. The van der Waals surface area contributed by atoms with Crippen LogP contribution in [0.15, 0.2) is 47.5 Å². The van der Waals surface area contributed by atoms with Gasteiger partial charge in [-0.15, -0.1) is 0 Å². The van der Waals surface area contributed by atoms with Crippen molar-refractivity contribution in [2.45, 2.75) is 50.9 Å². The van der Waals surface area contributed by atoms with E-state index >= 15 is 0 Å². The number of nitrogens with zero attached hydrogens (tertiary/aromatic N) is 1. The number of ether oxygens (including phenoxy) is 1. The van der Waals surface area contributed by atoms with Crippen LogP contribution in [-0.2, 0) is 0 Å². The van der Waals surface area contributed by atoms with Gasteiger partial charge in [-0.1, -0.05) is 24.6 Å². The zero-order chi connectivity index (χ0) is 19.0. The molecule has 0 amide bonds. The normalized spacial score (nSPS) is 24.1. The summed E-state index contributed by atoms with van der Waals surface area (Å²) in [5, 5.41) is 19.9. The number of aryl methyl sites for hydroxylation is 1. The highest BCUT2D eigenvalue weighted by molar-refractivity contribution is 5.94. The molecule has 1 aliphatic heterocycles. The SMILES string of the molecule is Cc1ccc(Oc2ccc(C3CCCC4CCC(O)(O)N=C43)cc2)cc1F. The van der Waals surface area contributed by atoms with Gasteiger partial charge in [-0.25, -0.2) is 9.38 Å². The molecule has 2 N–H and O–H groups in total. The summed E-state index contributed by atoms with van der Waals surface area (Å²) in [6, 6.07) is 12.5. The van der Waals surface area contributed by atoms with E-state index < -0.39 is 5.91 Å². The van der Waals surface area contributed by atoms with E-state index in [2.05, 4.69) is 4.99 Å². The number of halogens is 1. The molecule has 1 fully saturated rings. The molecule has 2 unspecified atom stereocenters. The number of rotatable bonds is 3. The van der Waals surface area contributed by atoms with E-state index in [0.29, 0.717) is 29.4 Å². The van der Waals surface area contributed by atoms with Crippen LogP contribution in [0.3, 0.4) is 0 Å². The molecule has 0 radical (unpaired) electrons. The Morgan fingerprint density at radius 1 is 1.04 bits per heavy atom. The standard InChI is InChI=1S/C22H24FNO3/c1-14-5-8-18(13-20(14)23)27-17-9-6-15(7-10-17)19-4-2-3-16-11-12-22(25,26)24-21(16)19/h5-10,13,16,19,25-26H,2-4,11-12H2,1H3. The van der Waals surface area contributed by atoms with Crippen LogP contribution in [0, 0.1) is 18.7 Å². The molecule has 2 aromatic carbocycles. The van der Waals surface area contributed by atoms with Crippen LogP contribution in [0.1, 0.15) is 49.1 Å². The molecule has 1 aliphatic carbocycles. The molecule has 0 aromatic heterocycles. The average Bonchev–Trinajstić information content (AvgIpc) is 2.64. The topological polar surface area (TPSA) is 62.0 Å². The van der Waals surface area contributed by atoms with Crippen molar-refractivity contribution >= 4 is 5.71 Å². The van der Waals surface area contributed by atoms with Crippen LogP contribution >= 0.6 is 0 Å². The Hall–Kier alpha value is -2.24. The third-order valence-corrected chi connectivity index (χ3v) is 5.62. The minimum atomic E-state index is -1.93. The summed E-state index contributed by atoms with van der Waals surface area (Å²) in [5.74, 6) is -0.676. The summed E-state index contributed by atoms with van der Waals surface area (Å²) >= 11 is 0. The molecule has 4 nitrogen and oxygen atoms in total. The maximum Gasteiger partial charge on any atom is 0.264 e. The van der Waals surface area contributed by atoms with Crippen molar-refractivity contribution in [1.82, 2.24) is 0 Å². The monoisotopic (exact) mass is 369 g/mol. The second kappa shape index (κ2) is 7.06. The maximum absolute atomic E-state index is 13.7. The number of aliphatic imine (C=N–C) groups is 1. The molecular weight excluding hydrogens is 345 g/mol. The molecule has 1 heterocycles. The summed E-state index contributed by atoms with van der Waals surface area (Å²) in [7, 11) is 0. The van der Waals surface area contributed by atoms with Crippen LogP contribution in [0.25, 0.3) is 0 Å². The third kappa shape index (κ3) is 3.89. The lowest BCUT2D eigenvalue weighted by molar-refractivity contribution is -0.163. The summed E-state index contributed by atoms with van der Waals surface area (Å²) in [6.07, 6.45) is 4.19. The van der Waals surface area contributed by atoms with E-state index in [0.717, 1.165) is 37.0 Å². The first kappa shape index (κ1) is 18.1. The van der Waals surface area contributed by atoms with E-state index in [9.17, 15) is 14.6 Å². The van der Waals surface area contributed by atoms with E-state index in [-0.39, 0.29) is 11.7 Å². The van der Waals surface area contributed by atoms with Crippen LogP contribution in [0.5, 0.6) is 11.5 Å². The number of hydrogen-bond donors (Lipinski definition) is 2. The Kier molecular flexibility index (Phi) is 4.74. The van der Waals surface area contributed by atoms with Crippen molar-refractivity contribution in [2.24, 2.45) is 10.9 Å². The highest BCUT2D eigenvalue weighted by atomic mass is 19.1. The summed E-state index contributed by atoms with van der Waals surface area (Å²) in [5.41, 5.74) is 2.59. The van der Waals surface area contributed by atoms with Crippen molar-refractivity contribution in [3.8, 4) is 11.5 Å². The van der Waals surface area contributed by atoms with Gasteiger partial charge in [-0.05, 0) is 61.4 Å². The van der Waals surface area contributed by atoms with Crippen LogP contribution in [0.2, 0.25) is 0 Å². The zero-order valence-corrected chi connectivity index (χ0v) is 15.4. The van der Waals surface area contributed by atoms with Gasteiger partial charge in [-0.2, -0.15) is 0 Å². The lowest BCUT2D eigenvalue weighted by atomic mass is 9.73. The molecule has 4 rings (SSSR count). The van der Waals surface area contributed by atoms with Gasteiger partial charge < -0.3 is 14.9 Å². The third-order valence-electron chi connectivity index (χ3n) is 5.62. The number of fused-ring (bicyclic) bond motifs is 1. The van der Waals surface area contributed by atoms with Gasteiger partial charge in [0.15, 0.2) is 0 Å². The van der Waals surface area contributed by atoms with Crippen molar-refractivity contribution < 1.29 is 19.3 Å². The number of aliphatic hydroxyl groups is 2. The first-order valence-electron chi connectivity index (χ1n) is 9.50. The van der Waals surface area contributed by atoms with Gasteiger partial charge in [-0.3, -0.25) is 0 Å². The lowest BCUT2D eigenvalue weighted by Gasteiger charge is -2.37. The Morgan fingerprint density at radius 2 is 1.78 bits per heavy atom. The molecule has 2 aromatic rings. The molecular formula is C22H24FNO3. The smallest absolute Gasteiger partial charge is 0.264 e. The summed E-state index contributed by atoms with van der Waals surface area (Å²) in [4.78, 5) is 4.26. The van der Waals surface area contributed by atoms with Gasteiger partial charge in [0.25, 0.3) is 5.91 Å². The fourth-order valence-corrected chi connectivity index (χ4v) is 4.12. The summed E-state index contributed by atoms with van der Waals surface area (Å²) < 4.78 is 19.4. The Bertz CT molecular complexity index is 860. The predicted octanol–water partition coefficient (Wildman–Crippen LogP) is 4.68. The molecule has 142 valence electrons. The Labute approximate surface area is 158 Å². The minimum absolute atomic E-state index is 0.105. The fourth-order valence-electron chi connectivity index (χ4n) is 4.12. The maximum atomic E-state index is 13.7. The second-order valence-corrected chi connectivity index (χ2v) is 7.61. The molecule has 5 heteroatoms. The average molecular weight is 369 g/mol. The van der Waals surface area contributed by atoms with Gasteiger partial charge in [0, 0.05) is 24.1 Å². The van der Waals surface area contributed by atoms with Crippen molar-refractivity contribution in [1.29, 1.82) is 0 Å². The quantitative estimate of drug-likeness (QED) is 0.772. The van der Waals surface area contributed by atoms with Gasteiger partial charge >= 0.3 is 0 Å². The molecule has 27 heavy (non-hydrogen) atoms. The zero-order valence-electron chi connectivity index (χ0n) is 15.4. The Morgan fingerprint density at radius 3 is 2.52 bits per heavy atom. The Balaban J connectivity index is 1.54. The summed E-state index contributed by atoms with van der Waals surface area (Å²) in [6.45, 7) is 1.72. The van der Waals surface area contributed by atoms with E-state index in [4.69, 9.17) is 4.74 Å². The first-order valence-corrected chi connectivity index (χ1v) is 9.50. The van der Waals surface area contributed by atoms with Crippen molar-refractivity contribution in [3.63, 3.8) is 0 Å². The molecule has 0 saturated heterocycles. The van der Waals surface area contributed by atoms with Crippen LogP contribution in [-0.4, -0.2) is 21.8 Å².